The van der Waals surface area contributed by atoms with Crippen LogP contribution < -0.4 is 0 Å². The second kappa shape index (κ2) is 6.02. The molecule has 0 saturated carbocycles. The van der Waals surface area contributed by atoms with Gasteiger partial charge in [0.1, 0.15) is 0 Å². The van der Waals surface area contributed by atoms with Gasteiger partial charge in [0, 0.05) is 25.2 Å². The van der Waals surface area contributed by atoms with E-state index in [1.54, 1.807) is 0 Å². The fourth-order valence-electron chi connectivity index (χ4n) is 2.37. The first kappa shape index (κ1) is 18.1. The summed E-state index contributed by atoms with van der Waals surface area (Å²) in [5.74, 6) is -2.25. The van der Waals surface area contributed by atoms with Crippen LogP contribution in [0, 0.1) is 16.0 Å². The van der Waals surface area contributed by atoms with E-state index in [-0.39, 0.29) is 19.0 Å². The molecule has 0 bridgehead atoms. The summed E-state index contributed by atoms with van der Waals surface area (Å²) < 4.78 is 64.8. The van der Waals surface area contributed by atoms with Crippen LogP contribution in [0.3, 0.4) is 0 Å². The van der Waals surface area contributed by atoms with Gasteiger partial charge in [-0.25, -0.2) is 8.42 Å². The zero-order valence-electron chi connectivity index (χ0n) is 11.9. The third-order valence-corrected chi connectivity index (χ3v) is 5.52. The first-order valence-corrected chi connectivity index (χ1v) is 7.97. The summed E-state index contributed by atoms with van der Waals surface area (Å²) in [6.07, 6.45) is -5.15. The van der Waals surface area contributed by atoms with Gasteiger partial charge in [-0.1, -0.05) is 0 Å². The molecule has 132 valence electrons. The maximum Gasteiger partial charge on any atom is 0.417 e. The number of nitro groups is 1. The largest absolute Gasteiger partial charge is 0.481 e. The maximum atomic E-state index is 13.1. The molecule has 1 aromatic rings. The van der Waals surface area contributed by atoms with E-state index in [1.807, 2.05) is 0 Å². The summed E-state index contributed by atoms with van der Waals surface area (Å²) in [7, 11) is -4.63. The van der Waals surface area contributed by atoms with Gasteiger partial charge in [-0.3, -0.25) is 14.9 Å². The third-order valence-electron chi connectivity index (χ3n) is 3.60. The lowest BCUT2D eigenvalue weighted by Crippen LogP contribution is -2.31. The Hall–Kier alpha value is -2.21. The highest BCUT2D eigenvalue weighted by molar-refractivity contribution is 7.89. The Bertz CT molecular complexity index is 792. The molecule has 1 unspecified atom stereocenters. The first-order valence-electron chi connectivity index (χ1n) is 6.53. The minimum atomic E-state index is -5.12. The van der Waals surface area contributed by atoms with Crippen LogP contribution in [0.5, 0.6) is 0 Å². The Kier molecular flexibility index (Phi) is 4.55. The highest BCUT2D eigenvalue weighted by Crippen LogP contribution is 2.38. The maximum absolute atomic E-state index is 13.1. The zero-order valence-corrected chi connectivity index (χ0v) is 12.7. The number of benzene rings is 1. The molecule has 2 rings (SSSR count). The lowest BCUT2D eigenvalue weighted by Gasteiger charge is -2.19. The fourth-order valence-corrected chi connectivity index (χ4v) is 4.06. The molecule has 0 radical (unpaired) electrons. The van der Waals surface area contributed by atoms with Crippen LogP contribution in [0.4, 0.5) is 18.9 Å². The van der Waals surface area contributed by atoms with Gasteiger partial charge in [-0.05, 0) is 12.5 Å². The van der Waals surface area contributed by atoms with E-state index in [9.17, 15) is 36.5 Å². The lowest BCUT2D eigenvalue weighted by atomic mass is 10.1. The summed E-state index contributed by atoms with van der Waals surface area (Å²) in [6.45, 7) is -0.695. The zero-order chi connectivity index (χ0) is 18.3. The van der Waals surface area contributed by atoms with Crippen molar-refractivity contribution in [3.63, 3.8) is 0 Å². The van der Waals surface area contributed by atoms with Crippen LogP contribution in [0.2, 0.25) is 0 Å². The molecule has 1 N–H and O–H groups in total. The third kappa shape index (κ3) is 3.33. The molecule has 12 heteroatoms. The molecule has 1 atom stereocenters. The Morgan fingerprint density at radius 1 is 1.38 bits per heavy atom. The van der Waals surface area contributed by atoms with Gasteiger partial charge in [0.2, 0.25) is 10.0 Å². The molecule has 0 amide bonds. The topological polar surface area (TPSA) is 118 Å². The highest BCUT2D eigenvalue weighted by atomic mass is 32.2. The molecule has 1 fully saturated rings. The van der Waals surface area contributed by atoms with Crippen LogP contribution >= 0.6 is 0 Å². The minimum absolute atomic E-state index is 0.0249. The Morgan fingerprint density at radius 2 is 2.00 bits per heavy atom. The number of nitrogens with zero attached hydrogens (tertiary/aromatic N) is 2. The van der Waals surface area contributed by atoms with Gasteiger partial charge in [0.15, 0.2) is 0 Å². The molecular weight excluding hydrogens is 357 g/mol. The predicted octanol–water partition coefficient (Wildman–Crippen LogP) is 1.71. The molecule has 1 aromatic carbocycles. The van der Waals surface area contributed by atoms with Gasteiger partial charge < -0.3 is 5.11 Å². The number of sulfonamides is 1. The van der Waals surface area contributed by atoms with Gasteiger partial charge in [-0.2, -0.15) is 17.5 Å². The van der Waals surface area contributed by atoms with E-state index in [1.165, 1.54) is 0 Å². The van der Waals surface area contributed by atoms with Crippen molar-refractivity contribution in [1.29, 1.82) is 0 Å². The number of nitro benzene ring substituents is 1. The first-order chi connectivity index (χ1) is 10.9. The van der Waals surface area contributed by atoms with Crippen molar-refractivity contribution in [1.82, 2.24) is 4.31 Å². The second-order valence-electron chi connectivity index (χ2n) is 5.12. The predicted molar refractivity (Wildman–Crippen MR) is 72.6 cm³/mol. The number of carbonyl (C=O) groups is 1. The Morgan fingerprint density at radius 3 is 2.46 bits per heavy atom. The van der Waals surface area contributed by atoms with Crippen LogP contribution in [-0.2, 0) is 21.0 Å². The number of non-ortho nitro benzene ring substituents is 1. The molecule has 8 nitrogen and oxygen atoms in total. The molecule has 0 aromatic heterocycles. The van der Waals surface area contributed by atoms with Crippen LogP contribution in [-0.4, -0.2) is 41.8 Å². The quantitative estimate of drug-likeness (QED) is 0.638. The van der Waals surface area contributed by atoms with Gasteiger partial charge >= 0.3 is 12.1 Å². The number of rotatable bonds is 4. The minimum Gasteiger partial charge on any atom is -0.481 e. The fraction of sp³-hybridized carbons (Fsp3) is 0.417. The molecule has 24 heavy (non-hydrogen) atoms. The van der Waals surface area contributed by atoms with Crippen LogP contribution in [0.1, 0.15) is 12.0 Å². The van der Waals surface area contributed by atoms with E-state index >= 15 is 0 Å². The van der Waals surface area contributed by atoms with Crippen molar-refractivity contribution in [2.75, 3.05) is 13.1 Å². The average molecular weight is 368 g/mol. The van der Waals surface area contributed by atoms with Crippen molar-refractivity contribution in [3.8, 4) is 0 Å². The normalized spacial score (nSPS) is 19.4. The van der Waals surface area contributed by atoms with E-state index in [2.05, 4.69) is 0 Å². The number of carboxylic acids is 1. The van der Waals surface area contributed by atoms with Crippen LogP contribution in [0.15, 0.2) is 23.1 Å². The monoisotopic (exact) mass is 368 g/mol. The smallest absolute Gasteiger partial charge is 0.417 e. The Balaban J connectivity index is 2.51. The van der Waals surface area contributed by atoms with Crippen molar-refractivity contribution >= 4 is 21.7 Å². The Labute approximate surface area is 133 Å². The highest BCUT2D eigenvalue weighted by Gasteiger charge is 2.42. The van der Waals surface area contributed by atoms with Gasteiger partial charge in [0.25, 0.3) is 5.69 Å². The van der Waals surface area contributed by atoms with E-state index in [0.717, 1.165) is 0 Å². The SMILES string of the molecule is O=C(O)C1CCN(S(=O)(=O)c2ccc([N+](=O)[O-])cc2C(F)(F)F)C1. The second-order valence-corrected chi connectivity index (χ2v) is 7.03. The van der Waals surface area contributed by atoms with E-state index in [0.29, 0.717) is 16.4 Å². The standard InChI is InChI=1S/C12H11F3N2O6S/c13-12(14,15)9-5-8(17(20)21)1-2-10(9)24(22,23)16-4-3-7(6-16)11(18)19/h1-2,5,7H,3-4,6H2,(H,18,19). The molecule has 1 saturated heterocycles. The number of hydrogen-bond acceptors (Lipinski definition) is 5. The number of alkyl halides is 3. The van der Waals surface area contributed by atoms with Crippen LogP contribution in [0.25, 0.3) is 0 Å². The van der Waals surface area contributed by atoms with Gasteiger partial charge in [-0.15, -0.1) is 0 Å². The van der Waals surface area contributed by atoms with Crippen molar-refractivity contribution in [2.45, 2.75) is 17.5 Å². The number of carboxylic acid groups (broad SMARTS) is 1. The summed E-state index contributed by atoms with van der Waals surface area (Å²) in [4.78, 5) is 19.3. The molecule has 1 aliphatic heterocycles. The van der Waals surface area contributed by atoms with E-state index in [4.69, 9.17) is 5.11 Å². The van der Waals surface area contributed by atoms with Crippen molar-refractivity contribution in [3.05, 3.63) is 33.9 Å². The summed E-state index contributed by atoms with van der Waals surface area (Å²) in [5.41, 5.74) is -2.55. The summed E-state index contributed by atoms with van der Waals surface area (Å²) in [5, 5.41) is 19.5. The molecular formula is C12H11F3N2O6S. The molecule has 0 spiro atoms. The van der Waals surface area contributed by atoms with Gasteiger partial charge in [0.05, 0.1) is 21.3 Å². The summed E-state index contributed by atoms with van der Waals surface area (Å²) in [6, 6.07) is 1.33. The molecule has 1 heterocycles. The average Bonchev–Trinajstić information content (AvgIpc) is 2.96. The molecule has 1 aliphatic rings. The van der Waals surface area contributed by atoms with Crippen molar-refractivity contribution in [2.24, 2.45) is 5.92 Å². The number of halogens is 3. The van der Waals surface area contributed by atoms with E-state index < -0.39 is 55.7 Å². The molecule has 0 aliphatic carbocycles. The number of aliphatic carboxylic acids is 1. The van der Waals surface area contributed by atoms with Crippen molar-refractivity contribution < 1.29 is 36.4 Å². The summed E-state index contributed by atoms with van der Waals surface area (Å²) >= 11 is 0. The lowest BCUT2D eigenvalue weighted by molar-refractivity contribution is -0.385. The number of hydrogen-bond donors (Lipinski definition) is 1.